The van der Waals surface area contributed by atoms with E-state index in [2.05, 4.69) is 24.9 Å². The molecule has 2 unspecified atom stereocenters. The maximum absolute atomic E-state index is 14.0. The highest BCUT2D eigenvalue weighted by molar-refractivity contribution is 7.93. The van der Waals surface area contributed by atoms with Crippen molar-refractivity contribution < 1.29 is 27.0 Å². The van der Waals surface area contributed by atoms with Gasteiger partial charge in [-0.1, -0.05) is 0 Å². The molecule has 0 aliphatic carbocycles. The highest BCUT2D eigenvalue weighted by Crippen LogP contribution is 2.37. The first-order chi connectivity index (χ1) is 16.2. The van der Waals surface area contributed by atoms with Crippen LogP contribution in [0.15, 0.2) is 30.6 Å². The van der Waals surface area contributed by atoms with Gasteiger partial charge in [0.15, 0.2) is 11.6 Å². The number of ether oxygens (including phenoxy) is 3. The first kappa shape index (κ1) is 24.0. The summed E-state index contributed by atoms with van der Waals surface area (Å²) in [5, 5.41) is 7.11. The van der Waals surface area contributed by atoms with Crippen molar-refractivity contribution in [1.29, 1.82) is 0 Å². The fraction of sp³-hybridized carbons (Fsp3) is 0.429. The monoisotopic (exact) mass is 492 g/mol. The Morgan fingerprint density at radius 2 is 2.00 bits per heavy atom. The lowest BCUT2D eigenvalue weighted by molar-refractivity contribution is 0.0949. The Balaban J connectivity index is 1.71. The summed E-state index contributed by atoms with van der Waals surface area (Å²) in [6.07, 6.45) is 2.24. The minimum atomic E-state index is -4.06. The van der Waals surface area contributed by atoms with Crippen molar-refractivity contribution in [3.63, 3.8) is 0 Å². The predicted molar refractivity (Wildman–Crippen MR) is 120 cm³/mol. The van der Waals surface area contributed by atoms with Gasteiger partial charge in [0.1, 0.15) is 29.5 Å². The molecule has 0 fully saturated rings. The molecule has 3 aromatic rings. The Hall–Kier alpha value is -3.16. The molecule has 0 saturated heterocycles. The number of benzene rings is 1. The molecule has 3 atom stereocenters. The minimum Gasteiger partial charge on any atom is -0.491 e. The molecule has 1 aliphatic rings. The summed E-state index contributed by atoms with van der Waals surface area (Å²) >= 11 is 0. The number of hydrogen-bond donors (Lipinski definition) is 1. The largest absolute Gasteiger partial charge is 0.491 e. The van der Waals surface area contributed by atoms with E-state index in [1.165, 1.54) is 39.3 Å². The summed E-state index contributed by atoms with van der Waals surface area (Å²) in [7, 11) is -1.15. The van der Waals surface area contributed by atoms with Gasteiger partial charge in [0.2, 0.25) is 16.0 Å². The fourth-order valence-corrected chi connectivity index (χ4v) is 4.85. The molecule has 34 heavy (non-hydrogen) atoms. The number of halogens is 1. The van der Waals surface area contributed by atoms with Crippen LogP contribution in [0.3, 0.4) is 0 Å². The van der Waals surface area contributed by atoms with E-state index in [1.54, 1.807) is 17.0 Å². The van der Waals surface area contributed by atoms with Gasteiger partial charge in [0.25, 0.3) is 0 Å². The number of nitrogens with zero attached hydrogens (tertiary/aromatic N) is 5. The molecule has 0 amide bonds. The average Bonchev–Trinajstić information content (AvgIpc) is 3.14. The normalized spacial score (nSPS) is 17.1. The lowest BCUT2D eigenvalue weighted by atomic mass is 10.2. The van der Waals surface area contributed by atoms with Gasteiger partial charge in [-0.25, -0.2) is 22.8 Å². The zero-order valence-electron chi connectivity index (χ0n) is 19.1. The number of anilines is 1. The third-order valence-electron chi connectivity index (χ3n) is 5.49. The molecule has 11 nitrogen and oxygen atoms in total. The van der Waals surface area contributed by atoms with Crippen molar-refractivity contribution in [2.45, 2.75) is 31.2 Å². The van der Waals surface area contributed by atoms with Crippen LogP contribution in [-0.2, 0) is 19.5 Å². The average molecular weight is 493 g/mol. The van der Waals surface area contributed by atoms with Crippen molar-refractivity contribution in [3.05, 3.63) is 47.8 Å². The number of rotatable bonds is 8. The van der Waals surface area contributed by atoms with Gasteiger partial charge in [-0.2, -0.15) is 0 Å². The van der Waals surface area contributed by atoms with Gasteiger partial charge >= 0.3 is 0 Å². The quantitative estimate of drug-likeness (QED) is 0.503. The molecule has 2 aromatic heterocycles. The number of aromatic nitrogens is 5. The summed E-state index contributed by atoms with van der Waals surface area (Å²) in [6.45, 7) is 3.64. The Kier molecular flexibility index (Phi) is 6.77. The second-order valence-corrected chi connectivity index (χ2v) is 9.94. The molecule has 3 heterocycles. The number of sulfonamides is 1. The summed E-state index contributed by atoms with van der Waals surface area (Å²) in [6, 6.07) is 3.56. The summed E-state index contributed by atoms with van der Waals surface area (Å²) in [4.78, 5) is 8.41. The van der Waals surface area contributed by atoms with Crippen LogP contribution in [-0.4, -0.2) is 65.8 Å². The molecule has 1 N–H and O–H groups in total. The molecule has 0 spiro atoms. The Morgan fingerprint density at radius 1 is 1.26 bits per heavy atom. The molecular weight excluding hydrogens is 467 g/mol. The van der Waals surface area contributed by atoms with E-state index in [0.717, 1.165) is 5.56 Å². The smallest absolute Gasteiger partial charge is 0.240 e. The van der Waals surface area contributed by atoms with Crippen molar-refractivity contribution in [2.24, 2.45) is 0 Å². The van der Waals surface area contributed by atoms with E-state index >= 15 is 0 Å². The zero-order chi connectivity index (χ0) is 24.5. The van der Waals surface area contributed by atoms with Gasteiger partial charge in [0.05, 0.1) is 18.2 Å². The van der Waals surface area contributed by atoms with Gasteiger partial charge in [-0.3, -0.25) is 9.29 Å². The number of nitrogens with one attached hydrogen (secondary N) is 1. The van der Waals surface area contributed by atoms with Crippen molar-refractivity contribution in [3.8, 4) is 17.1 Å². The molecule has 0 saturated carbocycles. The topological polar surface area (TPSA) is 130 Å². The highest BCUT2D eigenvalue weighted by Gasteiger charge is 2.36. The van der Waals surface area contributed by atoms with Gasteiger partial charge in [-0.05, 0) is 37.6 Å². The molecular formula is C21H25FN6O5S. The zero-order valence-corrected chi connectivity index (χ0v) is 19.9. The predicted octanol–water partition coefficient (Wildman–Crippen LogP) is 2.28. The SMILES string of the molecule is COC[C@@H]1COc2ccc(F)cc2-c2nnc(NS(=O)(=O)C(C)C(OC)c3ncc(C)cn3)n21. The fourth-order valence-electron chi connectivity index (χ4n) is 3.71. The maximum Gasteiger partial charge on any atom is 0.240 e. The Bertz CT molecular complexity index is 1270. The lowest BCUT2D eigenvalue weighted by Gasteiger charge is -2.23. The van der Waals surface area contributed by atoms with Crippen LogP contribution >= 0.6 is 0 Å². The van der Waals surface area contributed by atoms with Crippen LogP contribution in [0.1, 0.15) is 30.5 Å². The first-order valence-electron chi connectivity index (χ1n) is 10.4. The Morgan fingerprint density at radius 3 is 2.68 bits per heavy atom. The molecule has 0 bridgehead atoms. The van der Waals surface area contributed by atoms with Gasteiger partial charge in [0, 0.05) is 26.6 Å². The standard InChI is InChI=1S/C21H25FN6O5S/c1-12-8-23-19(24-9-12)18(32-4)13(2)34(29,30)27-21-26-25-20-16-7-14(22)5-6-17(16)33-11-15(10-31-3)28(20)21/h5-9,13,15,18H,10-11H2,1-4H3,(H,26,27)/t13?,15-,18?/m1/s1. The molecule has 182 valence electrons. The maximum atomic E-state index is 14.0. The number of hydrogen-bond acceptors (Lipinski definition) is 9. The highest BCUT2D eigenvalue weighted by atomic mass is 32.2. The molecule has 4 rings (SSSR count). The summed E-state index contributed by atoms with van der Waals surface area (Å²) < 4.78 is 61.2. The number of fused-ring (bicyclic) bond motifs is 3. The second-order valence-electron chi connectivity index (χ2n) is 7.90. The van der Waals surface area contributed by atoms with E-state index in [0.29, 0.717) is 11.3 Å². The van der Waals surface area contributed by atoms with E-state index < -0.39 is 33.2 Å². The molecule has 13 heteroatoms. The molecule has 0 radical (unpaired) electrons. The number of aryl methyl sites for hydroxylation is 1. The Labute approximate surface area is 196 Å². The van der Waals surface area contributed by atoms with Crippen LogP contribution in [0.5, 0.6) is 5.75 Å². The van der Waals surface area contributed by atoms with Crippen LogP contribution in [0.2, 0.25) is 0 Å². The van der Waals surface area contributed by atoms with E-state index in [4.69, 9.17) is 14.2 Å². The van der Waals surface area contributed by atoms with Crippen molar-refractivity contribution in [1.82, 2.24) is 24.7 Å². The third kappa shape index (κ3) is 4.58. The molecule has 1 aromatic carbocycles. The van der Waals surface area contributed by atoms with Crippen molar-refractivity contribution >= 4 is 16.0 Å². The van der Waals surface area contributed by atoms with E-state index in [1.807, 2.05) is 6.92 Å². The van der Waals surface area contributed by atoms with Crippen molar-refractivity contribution in [2.75, 3.05) is 32.2 Å². The van der Waals surface area contributed by atoms with Gasteiger partial charge in [-0.15, -0.1) is 10.2 Å². The summed E-state index contributed by atoms with van der Waals surface area (Å²) in [5.41, 5.74) is 1.19. The third-order valence-corrected chi connectivity index (χ3v) is 7.19. The first-order valence-corrected chi connectivity index (χ1v) is 12.0. The van der Waals surface area contributed by atoms with Crippen LogP contribution < -0.4 is 9.46 Å². The van der Waals surface area contributed by atoms with E-state index in [-0.39, 0.29) is 30.8 Å². The van der Waals surface area contributed by atoms with E-state index in [9.17, 15) is 12.8 Å². The molecule has 1 aliphatic heterocycles. The van der Waals surface area contributed by atoms with Crippen LogP contribution in [0, 0.1) is 12.7 Å². The van der Waals surface area contributed by atoms with Crippen LogP contribution in [0.4, 0.5) is 10.3 Å². The van der Waals surface area contributed by atoms with Gasteiger partial charge < -0.3 is 14.2 Å². The lowest BCUT2D eigenvalue weighted by Crippen LogP contribution is -2.34. The number of methoxy groups -OCH3 is 2. The summed E-state index contributed by atoms with van der Waals surface area (Å²) in [5.74, 6) is 0.362. The second kappa shape index (κ2) is 9.60. The minimum absolute atomic E-state index is 0.0516. The van der Waals surface area contributed by atoms with Crippen LogP contribution in [0.25, 0.3) is 11.4 Å².